The quantitative estimate of drug-likeness (QED) is 0.485. The van der Waals surface area contributed by atoms with Crippen molar-refractivity contribution < 1.29 is 0 Å². The first-order chi connectivity index (χ1) is 6.99. The van der Waals surface area contributed by atoms with E-state index in [4.69, 9.17) is 0 Å². The molecule has 84 valence electrons. The van der Waals surface area contributed by atoms with E-state index >= 15 is 0 Å². The molecule has 0 heteroatoms. The first-order valence-electron chi connectivity index (χ1n) is 6.02. The van der Waals surface area contributed by atoms with E-state index in [0.29, 0.717) is 5.41 Å². The maximum absolute atomic E-state index is 4.09. The zero-order valence-corrected chi connectivity index (χ0v) is 10.5. The van der Waals surface area contributed by atoms with Crippen LogP contribution in [0, 0.1) is 5.41 Å². The Bertz CT molecular complexity index is 276. The highest BCUT2D eigenvalue weighted by Gasteiger charge is 2.13. The van der Waals surface area contributed by atoms with Gasteiger partial charge >= 0.3 is 0 Å². The Morgan fingerprint density at radius 1 is 1.27 bits per heavy atom. The fourth-order valence-electron chi connectivity index (χ4n) is 1.94. The van der Waals surface area contributed by atoms with E-state index < -0.39 is 0 Å². The van der Waals surface area contributed by atoms with E-state index in [1.165, 1.54) is 24.8 Å². The van der Waals surface area contributed by atoms with Crippen molar-refractivity contribution >= 4 is 0 Å². The Morgan fingerprint density at radius 3 is 2.73 bits per heavy atom. The Hall–Kier alpha value is -0.780. The molecule has 0 aromatic heterocycles. The van der Waals surface area contributed by atoms with E-state index in [9.17, 15) is 0 Å². The highest BCUT2D eigenvalue weighted by Crippen LogP contribution is 2.27. The molecule has 1 rings (SSSR count). The van der Waals surface area contributed by atoms with Gasteiger partial charge in [0.05, 0.1) is 0 Å². The lowest BCUT2D eigenvalue weighted by Gasteiger charge is -2.20. The summed E-state index contributed by atoms with van der Waals surface area (Å²) in [4.78, 5) is 0. The van der Waals surface area contributed by atoms with Gasteiger partial charge in [-0.2, -0.15) is 0 Å². The third-order valence-electron chi connectivity index (χ3n) is 3.12. The van der Waals surface area contributed by atoms with Gasteiger partial charge in [-0.25, -0.2) is 0 Å². The number of rotatable bonds is 0. The van der Waals surface area contributed by atoms with Crippen LogP contribution in [0.4, 0.5) is 0 Å². The van der Waals surface area contributed by atoms with Gasteiger partial charge < -0.3 is 0 Å². The van der Waals surface area contributed by atoms with Gasteiger partial charge in [0.2, 0.25) is 0 Å². The topological polar surface area (TPSA) is 0 Å². The van der Waals surface area contributed by atoms with Crippen molar-refractivity contribution in [3.05, 3.63) is 36.0 Å². The Labute approximate surface area is 94.8 Å². The van der Waals surface area contributed by atoms with Crippen molar-refractivity contribution in [3.63, 3.8) is 0 Å². The summed E-state index contributed by atoms with van der Waals surface area (Å²) >= 11 is 0. The Kier molecular flexibility index (Phi) is 4.38. The predicted molar refractivity (Wildman–Crippen MR) is 68.9 cm³/mol. The molecule has 0 saturated carbocycles. The van der Waals surface area contributed by atoms with Gasteiger partial charge in [0.1, 0.15) is 0 Å². The summed E-state index contributed by atoms with van der Waals surface area (Å²) in [6.45, 7) is 11.0. The van der Waals surface area contributed by atoms with E-state index in [1.54, 1.807) is 5.57 Å². The number of allylic oxidation sites excluding steroid dienone is 5. The minimum absolute atomic E-state index is 0.327. The summed E-state index contributed by atoms with van der Waals surface area (Å²) in [6, 6.07) is 0. The minimum Gasteiger partial charge on any atom is -0.0958 e. The molecule has 0 amide bonds. The van der Waals surface area contributed by atoms with Crippen molar-refractivity contribution in [2.24, 2.45) is 5.41 Å². The standard InChI is InChI=1S/C15H24/c1-13-7-5-8-14(2)10-12-15(3,4)11-6-9-13/h7,10,12H,2,5-6,8-9,11H2,1,3-4H3/b12-10?,13-7-. The molecule has 0 spiro atoms. The van der Waals surface area contributed by atoms with Crippen LogP contribution in [0.5, 0.6) is 0 Å². The molecule has 0 N–H and O–H groups in total. The van der Waals surface area contributed by atoms with Gasteiger partial charge in [0, 0.05) is 0 Å². The van der Waals surface area contributed by atoms with E-state index in [1.807, 2.05) is 0 Å². The maximum atomic E-state index is 4.09. The zero-order valence-electron chi connectivity index (χ0n) is 10.5. The molecular formula is C15H24. The van der Waals surface area contributed by atoms with Crippen molar-refractivity contribution in [2.45, 2.75) is 52.9 Å². The van der Waals surface area contributed by atoms with Gasteiger partial charge in [-0.05, 0) is 44.4 Å². The van der Waals surface area contributed by atoms with Crippen LogP contribution in [-0.2, 0) is 0 Å². The number of hydrogen-bond acceptors (Lipinski definition) is 0. The van der Waals surface area contributed by atoms with Crippen LogP contribution >= 0.6 is 0 Å². The second-order valence-electron chi connectivity index (χ2n) is 5.42. The van der Waals surface area contributed by atoms with Crippen molar-refractivity contribution in [3.8, 4) is 0 Å². The average molecular weight is 204 g/mol. The average Bonchev–Trinajstić information content (AvgIpc) is 2.15. The summed E-state index contributed by atoms with van der Waals surface area (Å²) in [7, 11) is 0. The fraction of sp³-hybridized carbons (Fsp3) is 0.600. The van der Waals surface area contributed by atoms with E-state index in [2.05, 4.69) is 45.6 Å². The van der Waals surface area contributed by atoms with Crippen LogP contribution in [0.2, 0.25) is 0 Å². The van der Waals surface area contributed by atoms with Crippen molar-refractivity contribution in [1.82, 2.24) is 0 Å². The molecule has 0 unspecified atom stereocenters. The molecule has 0 aromatic carbocycles. The van der Waals surface area contributed by atoms with Crippen LogP contribution in [0.15, 0.2) is 36.0 Å². The highest BCUT2D eigenvalue weighted by atomic mass is 14.2. The summed E-state index contributed by atoms with van der Waals surface area (Å²) in [5.41, 5.74) is 3.13. The second kappa shape index (κ2) is 5.34. The van der Waals surface area contributed by atoms with Crippen LogP contribution in [0.3, 0.4) is 0 Å². The molecule has 15 heavy (non-hydrogen) atoms. The van der Waals surface area contributed by atoms with Gasteiger partial charge in [-0.3, -0.25) is 0 Å². The molecule has 1 aliphatic carbocycles. The SMILES string of the molecule is C=C1C=CC(C)(C)CCC/C(C)=C\CC1. The summed E-state index contributed by atoms with van der Waals surface area (Å²) in [6.07, 6.45) is 13.0. The molecule has 0 bridgehead atoms. The van der Waals surface area contributed by atoms with Crippen LogP contribution < -0.4 is 0 Å². The highest BCUT2D eigenvalue weighted by molar-refractivity contribution is 5.18. The van der Waals surface area contributed by atoms with E-state index in [-0.39, 0.29) is 0 Å². The van der Waals surface area contributed by atoms with Crippen LogP contribution in [0.25, 0.3) is 0 Å². The molecule has 0 aliphatic heterocycles. The summed E-state index contributed by atoms with van der Waals surface area (Å²) in [5.74, 6) is 0. The minimum atomic E-state index is 0.327. The van der Waals surface area contributed by atoms with Crippen LogP contribution in [-0.4, -0.2) is 0 Å². The lowest BCUT2D eigenvalue weighted by Crippen LogP contribution is -2.06. The lowest BCUT2D eigenvalue weighted by atomic mass is 9.86. The Balaban J connectivity index is 2.71. The zero-order chi connectivity index (χ0) is 11.3. The van der Waals surface area contributed by atoms with Gasteiger partial charge in [-0.1, -0.05) is 49.8 Å². The fourth-order valence-corrected chi connectivity index (χ4v) is 1.94. The largest absolute Gasteiger partial charge is 0.0958 e. The Morgan fingerprint density at radius 2 is 2.00 bits per heavy atom. The smallest absolute Gasteiger partial charge is 0.0172 e. The summed E-state index contributed by atoms with van der Waals surface area (Å²) < 4.78 is 0. The monoisotopic (exact) mass is 204 g/mol. The second-order valence-corrected chi connectivity index (χ2v) is 5.42. The maximum Gasteiger partial charge on any atom is -0.0172 e. The lowest BCUT2D eigenvalue weighted by molar-refractivity contribution is 0.421. The molecule has 0 radical (unpaired) electrons. The first kappa shape index (κ1) is 12.3. The van der Waals surface area contributed by atoms with Gasteiger partial charge in [0.15, 0.2) is 0 Å². The van der Waals surface area contributed by atoms with Crippen LogP contribution in [0.1, 0.15) is 52.9 Å². The molecule has 0 atom stereocenters. The third kappa shape index (κ3) is 5.01. The summed E-state index contributed by atoms with van der Waals surface area (Å²) in [5, 5.41) is 0. The van der Waals surface area contributed by atoms with E-state index in [0.717, 1.165) is 12.8 Å². The normalized spacial score (nSPS) is 26.6. The molecule has 0 aromatic rings. The molecular weight excluding hydrogens is 180 g/mol. The first-order valence-corrected chi connectivity index (χ1v) is 6.02. The van der Waals surface area contributed by atoms with Crippen molar-refractivity contribution in [2.75, 3.05) is 0 Å². The third-order valence-corrected chi connectivity index (χ3v) is 3.12. The predicted octanol–water partition coefficient (Wildman–Crippen LogP) is 5.04. The van der Waals surface area contributed by atoms with Gasteiger partial charge in [0.25, 0.3) is 0 Å². The number of hydrogen-bond donors (Lipinski definition) is 0. The van der Waals surface area contributed by atoms with Crippen molar-refractivity contribution in [1.29, 1.82) is 0 Å². The molecule has 0 nitrogen and oxygen atoms in total. The van der Waals surface area contributed by atoms with Gasteiger partial charge in [-0.15, -0.1) is 0 Å². The molecule has 0 heterocycles. The molecule has 0 fully saturated rings. The molecule has 0 saturated heterocycles. The molecule has 1 aliphatic rings.